The van der Waals surface area contributed by atoms with E-state index in [1.807, 2.05) is 31.2 Å². The summed E-state index contributed by atoms with van der Waals surface area (Å²) in [5.41, 5.74) is 3.41. The van der Waals surface area contributed by atoms with Gasteiger partial charge in [-0.15, -0.1) is 0 Å². The van der Waals surface area contributed by atoms with Crippen LogP contribution in [0.25, 0.3) is 22.1 Å². The second kappa shape index (κ2) is 5.61. The average Bonchev–Trinajstić information content (AvgIpc) is 3.30. The monoisotopic (exact) mass is 366 g/mol. The molecule has 0 atom stereocenters. The maximum Gasteiger partial charge on any atom is 0.291 e. The molecule has 0 radical (unpaired) electrons. The van der Waals surface area contributed by atoms with Crippen LogP contribution in [-0.2, 0) is 0 Å². The molecule has 1 fully saturated rings. The van der Waals surface area contributed by atoms with Crippen molar-refractivity contribution in [2.24, 2.45) is 0 Å². The predicted octanol–water partition coefficient (Wildman–Crippen LogP) is 5.67. The SMILES string of the molecule is Cc1c(C(=O)Nc2ccc3oc(C4CC4)nc3c2)oc2c(Cl)cccc12. The number of hydrogen-bond donors (Lipinski definition) is 1. The fourth-order valence-corrected chi connectivity index (χ4v) is 3.35. The van der Waals surface area contributed by atoms with Gasteiger partial charge in [-0.3, -0.25) is 4.79 Å². The largest absolute Gasteiger partial charge is 0.449 e. The van der Waals surface area contributed by atoms with Crippen molar-refractivity contribution in [1.29, 1.82) is 0 Å². The van der Waals surface area contributed by atoms with Crippen molar-refractivity contribution in [2.45, 2.75) is 25.7 Å². The zero-order valence-corrected chi connectivity index (χ0v) is 14.8. The van der Waals surface area contributed by atoms with Crippen LogP contribution in [0.5, 0.6) is 0 Å². The number of nitrogens with zero attached hydrogens (tertiary/aromatic N) is 1. The molecule has 1 amide bonds. The zero-order chi connectivity index (χ0) is 17.8. The smallest absolute Gasteiger partial charge is 0.291 e. The molecule has 130 valence electrons. The number of para-hydroxylation sites is 1. The molecule has 0 bridgehead atoms. The van der Waals surface area contributed by atoms with E-state index in [0.717, 1.165) is 40.8 Å². The first-order valence-corrected chi connectivity index (χ1v) is 8.87. The van der Waals surface area contributed by atoms with E-state index in [-0.39, 0.29) is 11.7 Å². The molecule has 0 saturated heterocycles. The Morgan fingerprint density at radius 1 is 1.23 bits per heavy atom. The van der Waals surface area contributed by atoms with Gasteiger partial charge >= 0.3 is 0 Å². The Balaban J connectivity index is 1.47. The molecule has 0 aliphatic heterocycles. The fraction of sp³-hybridized carbons (Fsp3) is 0.200. The average molecular weight is 367 g/mol. The molecule has 1 N–H and O–H groups in total. The Kier molecular flexibility index (Phi) is 3.34. The van der Waals surface area contributed by atoms with E-state index in [1.54, 1.807) is 12.1 Å². The minimum absolute atomic E-state index is 0.256. The van der Waals surface area contributed by atoms with E-state index < -0.39 is 0 Å². The topological polar surface area (TPSA) is 68.3 Å². The molecule has 1 aliphatic rings. The van der Waals surface area contributed by atoms with E-state index in [9.17, 15) is 4.79 Å². The summed E-state index contributed by atoms with van der Waals surface area (Å²) < 4.78 is 11.5. The number of fused-ring (bicyclic) bond motifs is 2. The number of furan rings is 1. The Morgan fingerprint density at radius 2 is 2.08 bits per heavy atom. The second-order valence-corrected chi connectivity index (χ2v) is 7.04. The van der Waals surface area contributed by atoms with Crippen molar-refractivity contribution in [3.05, 3.63) is 58.6 Å². The van der Waals surface area contributed by atoms with Crippen LogP contribution in [0.3, 0.4) is 0 Å². The van der Waals surface area contributed by atoms with Gasteiger partial charge in [-0.25, -0.2) is 4.98 Å². The number of oxazole rings is 1. The molecule has 0 unspecified atom stereocenters. The number of amides is 1. The molecule has 2 heterocycles. The summed E-state index contributed by atoms with van der Waals surface area (Å²) >= 11 is 6.16. The summed E-state index contributed by atoms with van der Waals surface area (Å²) in [5.74, 6) is 1.17. The number of rotatable bonds is 3. The number of hydrogen-bond acceptors (Lipinski definition) is 4. The molecule has 0 spiro atoms. The van der Waals surface area contributed by atoms with Crippen LogP contribution < -0.4 is 5.32 Å². The van der Waals surface area contributed by atoms with Gasteiger partial charge in [0, 0.05) is 22.6 Å². The van der Waals surface area contributed by atoms with Crippen LogP contribution in [0.15, 0.2) is 45.2 Å². The van der Waals surface area contributed by atoms with Crippen LogP contribution in [0.1, 0.15) is 40.8 Å². The highest BCUT2D eigenvalue weighted by molar-refractivity contribution is 6.35. The molecule has 1 saturated carbocycles. The van der Waals surface area contributed by atoms with Gasteiger partial charge in [-0.05, 0) is 44.0 Å². The first-order valence-electron chi connectivity index (χ1n) is 8.49. The Labute approximate surface area is 153 Å². The molecule has 4 aromatic rings. The number of aromatic nitrogens is 1. The Bertz CT molecular complexity index is 1170. The quantitative estimate of drug-likeness (QED) is 0.507. The van der Waals surface area contributed by atoms with Crippen molar-refractivity contribution in [3.63, 3.8) is 0 Å². The molecular formula is C20H15ClN2O3. The molecule has 5 nitrogen and oxygen atoms in total. The summed E-state index contributed by atoms with van der Waals surface area (Å²) in [6.07, 6.45) is 2.26. The highest BCUT2D eigenvalue weighted by Crippen LogP contribution is 2.40. The first-order chi connectivity index (χ1) is 12.6. The normalized spacial score (nSPS) is 14.2. The van der Waals surface area contributed by atoms with E-state index in [4.69, 9.17) is 20.4 Å². The minimum atomic E-state index is -0.319. The van der Waals surface area contributed by atoms with Crippen molar-refractivity contribution < 1.29 is 13.6 Å². The highest BCUT2D eigenvalue weighted by atomic mass is 35.5. The number of nitrogens with one attached hydrogen (secondary N) is 1. The number of carbonyl (C=O) groups is 1. The van der Waals surface area contributed by atoms with Crippen molar-refractivity contribution in [1.82, 2.24) is 4.98 Å². The summed E-state index contributed by atoms with van der Waals surface area (Å²) in [6.45, 7) is 1.85. The fourth-order valence-electron chi connectivity index (χ4n) is 3.14. The van der Waals surface area contributed by atoms with Crippen molar-refractivity contribution >= 4 is 45.3 Å². The van der Waals surface area contributed by atoms with Gasteiger partial charge in [-0.1, -0.05) is 23.7 Å². The number of halogens is 1. The number of carbonyl (C=O) groups excluding carboxylic acids is 1. The van der Waals surface area contributed by atoms with Gasteiger partial charge in [0.15, 0.2) is 22.8 Å². The summed E-state index contributed by atoms with van der Waals surface area (Å²) in [4.78, 5) is 17.2. The first kappa shape index (κ1) is 15.5. The standard InChI is InChI=1S/C20H15ClN2O3/c1-10-13-3-2-4-14(21)18(13)26-17(10)19(24)22-12-7-8-16-15(9-12)23-20(25-16)11-5-6-11/h2-4,7-9,11H,5-6H2,1H3,(H,22,24). The molecular weight excluding hydrogens is 352 g/mol. The van der Waals surface area contributed by atoms with Crippen molar-refractivity contribution in [2.75, 3.05) is 5.32 Å². The summed E-state index contributed by atoms with van der Waals surface area (Å²) in [6, 6.07) is 10.9. The van der Waals surface area contributed by atoms with Gasteiger partial charge in [0.2, 0.25) is 0 Å². The molecule has 6 heteroatoms. The molecule has 1 aliphatic carbocycles. The number of anilines is 1. The van der Waals surface area contributed by atoms with E-state index >= 15 is 0 Å². The minimum Gasteiger partial charge on any atom is -0.449 e. The van der Waals surface area contributed by atoms with Gasteiger partial charge in [0.25, 0.3) is 5.91 Å². The maximum atomic E-state index is 12.7. The molecule has 26 heavy (non-hydrogen) atoms. The van der Waals surface area contributed by atoms with E-state index in [1.165, 1.54) is 0 Å². The van der Waals surface area contributed by atoms with Gasteiger partial charge in [-0.2, -0.15) is 0 Å². The lowest BCUT2D eigenvalue weighted by Crippen LogP contribution is -2.12. The number of aryl methyl sites for hydroxylation is 1. The van der Waals surface area contributed by atoms with Crippen LogP contribution in [-0.4, -0.2) is 10.9 Å². The summed E-state index contributed by atoms with van der Waals surface area (Å²) in [7, 11) is 0. The molecule has 2 aromatic carbocycles. The number of benzene rings is 2. The zero-order valence-electron chi connectivity index (χ0n) is 14.0. The van der Waals surface area contributed by atoms with Crippen molar-refractivity contribution in [3.8, 4) is 0 Å². The van der Waals surface area contributed by atoms with E-state index in [0.29, 0.717) is 22.2 Å². The van der Waals surface area contributed by atoms with Gasteiger partial charge in [0.05, 0.1) is 5.02 Å². The third kappa shape index (κ3) is 2.47. The lowest BCUT2D eigenvalue weighted by atomic mass is 10.1. The third-order valence-corrected chi connectivity index (χ3v) is 5.01. The van der Waals surface area contributed by atoms with Crippen LogP contribution >= 0.6 is 11.6 Å². The molecule has 5 rings (SSSR count). The summed E-state index contributed by atoms with van der Waals surface area (Å²) in [5, 5.41) is 4.19. The van der Waals surface area contributed by atoms with Gasteiger partial charge in [0.1, 0.15) is 5.52 Å². The maximum absolute atomic E-state index is 12.7. The van der Waals surface area contributed by atoms with Gasteiger partial charge < -0.3 is 14.2 Å². The predicted molar refractivity (Wildman–Crippen MR) is 99.9 cm³/mol. The van der Waals surface area contributed by atoms with Crippen LogP contribution in [0.4, 0.5) is 5.69 Å². The lowest BCUT2D eigenvalue weighted by Gasteiger charge is -2.03. The van der Waals surface area contributed by atoms with Crippen LogP contribution in [0.2, 0.25) is 5.02 Å². The second-order valence-electron chi connectivity index (χ2n) is 6.64. The third-order valence-electron chi connectivity index (χ3n) is 4.71. The Hall–Kier alpha value is -2.79. The van der Waals surface area contributed by atoms with E-state index in [2.05, 4.69) is 10.3 Å². The highest BCUT2D eigenvalue weighted by Gasteiger charge is 2.29. The Morgan fingerprint density at radius 3 is 2.85 bits per heavy atom. The molecule has 2 aromatic heterocycles. The van der Waals surface area contributed by atoms with Crippen LogP contribution in [0, 0.1) is 6.92 Å². The lowest BCUT2D eigenvalue weighted by molar-refractivity contribution is 0.0998.